The lowest BCUT2D eigenvalue weighted by Gasteiger charge is -2.10. The molecule has 0 bridgehead atoms. The Hall–Kier alpha value is -2.20. The maximum Gasteiger partial charge on any atom is 0.573 e. The van der Waals surface area contributed by atoms with Gasteiger partial charge in [-0.15, -0.1) is 13.2 Å². The number of nitriles is 1. The fourth-order valence-electron chi connectivity index (χ4n) is 2.09. The van der Waals surface area contributed by atoms with Gasteiger partial charge in [0.2, 0.25) is 0 Å². The molecule has 0 saturated heterocycles. The van der Waals surface area contributed by atoms with Gasteiger partial charge in [-0.2, -0.15) is 5.26 Å². The van der Waals surface area contributed by atoms with E-state index in [1.54, 1.807) is 13.1 Å². The fraction of sp³-hybridized carbons (Fsp3) is 0.250. The summed E-state index contributed by atoms with van der Waals surface area (Å²) in [5, 5.41) is 9.29. The first-order valence-corrected chi connectivity index (χ1v) is 5.35. The van der Waals surface area contributed by atoms with Crippen LogP contribution in [-0.4, -0.2) is 10.9 Å². The van der Waals surface area contributed by atoms with E-state index in [0.29, 0.717) is 11.1 Å². The standard InChI is InChI=1S/C12H10F3N3O/c1-18-8-3-2-4-10(19-12(13,14)15)11(8)7(5-16)9(18)6-17/h2-4H,5,16H2,1H3. The van der Waals surface area contributed by atoms with Crippen molar-refractivity contribution < 1.29 is 17.9 Å². The number of rotatable bonds is 2. The van der Waals surface area contributed by atoms with E-state index in [4.69, 9.17) is 11.0 Å². The third-order valence-electron chi connectivity index (χ3n) is 2.82. The van der Waals surface area contributed by atoms with E-state index >= 15 is 0 Å². The number of hydrogen-bond acceptors (Lipinski definition) is 3. The Morgan fingerprint density at radius 3 is 2.63 bits per heavy atom. The zero-order valence-electron chi connectivity index (χ0n) is 9.95. The van der Waals surface area contributed by atoms with Crippen LogP contribution in [0.2, 0.25) is 0 Å². The summed E-state index contributed by atoms with van der Waals surface area (Å²) in [4.78, 5) is 0. The van der Waals surface area contributed by atoms with Gasteiger partial charge in [-0.1, -0.05) is 6.07 Å². The molecular formula is C12H10F3N3O. The molecule has 2 aromatic rings. The van der Waals surface area contributed by atoms with Crippen LogP contribution in [0.25, 0.3) is 10.9 Å². The van der Waals surface area contributed by atoms with Gasteiger partial charge < -0.3 is 15.0 Å². The summed E-state index contributed by atoms with van der Waals surface area (Å²) in [5.74, 6) is -0.345. The maximum absolute atomic E-state index is 12.4. The second-order valence-corrected chi connectivity index (χ2v) is 3.90. The predicted molar refractivity (Wildman–Crippen MR) is 62.2 cm³/mol. The number of fused-ring (bicyclic) bond motifs is 1. The van der Waals surface area contributed by atoms with Crippen molar-refractivity contribution in [2.45, 2.75) is 12.9 Å². The molecule has 0 aliphatic heterocycles. The van der Waals surface area contributed by atoms with E-state index in [1.807, 2.05) is 6.07 Å². The van der Waals surface area contributed by atoms with E-state index in [9.17, 15) is 13.2 Å². The largest absolute Gasteiger partial charge is 0.573 e. The molecule has 0 radical (unpaired) electrons. The Labute approximate surface area is 106 Å². The Kier molecular flexibility index (Phi) is 3.12. The highest BCUT2D eigenvalue weighted by Crippen LogP contribution is 2.35. The monoisotopic (exact) mass is 269 g/mol. The first kappa shape index (κ1) is 13.2. The molecule has 7 heteroatoms. The van der Waals surface area contributed by atoms with Crippen LogP contribution in [0.15, 0.2) is 18.2 Å². The van der Waals surface area contributed by atoms with E-state index in [1.165, 1.54) is 16.7 Å². The lowest BCUT2D eigenvalue weighted by molar-refractivity contribution is -0.274. The van der Waals surface area contributed by atoms with Crippen LogP contribution in [-0.2, 0) is 13.6 Å². The molecule has 0 spiro atoms. The minimum Gasteiger partial charge on any atom is -0.405 e. The highest BCUT2D eigenvalue weighted by Gasteiger charge is 2.32. The minimum atomic E-state index is -4.79. The smallest absolute Gasteiger partial charge is 0.405 e. The van der Waals surface area contributed by atoms with Crippen LogP contribution >= 0.6 is 0 Å². The Morgan fingerprint density at radius 2 is 2.11 bits per heavy atom. The third-order valence-corrected chi connectivity index (χ3v) is 2.82. The number of aryl methyl sites for hydroxylation is 1. The number of nitrogens with zero attached hydrogens (tertiary/aromatic N) is 2. The zero-order chi connectivity index (χ0) is 14.2. The SMILES string of the molecule is Cn1c(C#N)c(CN)c2c(OC(F)(F)F)cccc21. The summed E-state index contributed by atoms with van der Waals surface area (Å²) in [7, 11) is 1.59. The van der Waals surface area contributed by atoms with Crippen LogP contribution in [0.3, 0.4) is 0 Å². The van der Waals surface area contributed by atoms with Crippen molar-refractivity contribution in [1.82, 2.24) is 4.57 Å². The predicted octanol–water partition coefficient (Wildman–Crippen LogP) is 2.41. The zero-order valence-corrected chi connectivity index (χ0v) is 9.95. The van der Waals surface area contributed by atoms with E-state index in [2.05, 4.69) is 4.74 Å². The normalized spacial score (nSPS) is 11.6. The molecule has 100 valence electrons. The highest BCUT2D eigenvalue weighted by molar-refractivity contribution is 5.92. The second-order valence-electron chi connectivity index (χ2n) is 3.90. The first-order chi connectivity index (χ1) is 8.89. The summed E-state index contributed by atoms with van der Waals surface area (Å²) in [6.07, 6.45) is -4.79. The van der Waals surface area contributed by atoms with Gasteiger partial charge in [0.05, 0.1) is 5.52 Å². The minimum absolute atomic E-state index is 0.0432. The maximum atomic E-state index is 12.4. The van der Waals surface area contributed by atoms with Crippen LogP contribution in [0, 0.1) is 11.3 Å². The van der Waals surface area contributed by atoms with Gasteiger partial charge in [-0.3, -0.25) is 0 Å². The van der Waals surface area contributed by atoms with Crippen LogP contribution in [0.5, 0.6) is 5.75 Å². The lowest BCUT2D eigenvalue weighted by Crippen LogP contribution is -2.17. The molecule has 2 N–H and O–H groups in total. The van der Waals surface area contributed by atoms with Crippen LogP contribution < -0.4 is 10.5 Å². The molecule has 4 nitrogen and oxygen atoms in total. The van der Waals surface area contributed by atoms with Crippen molar-refractivity contribution >= 4 is 10.9 Å². The summed E-state index contributed by atoms with van der Waals surface area (Å²) in [5.41, 5.74) is 6.59. The van der Waals surface area contributed by atoms with E-state index < -0.39 is 6.36 Å². The Morgan fingerprint density at radius 1 is 1.42 bits per heavy atom. The van der Waals surface area contributed by atoms with Gasteiger partial charge in [-0.05, 0) is 12.1 Å². The lowest BCUT2D eigenvalue weighted by atomic mass is 10.1. The summed E-state index contributed by atoms with van der Waals surface area (Å²) >= 11 is 0. The number of hydrogen-bond donors (Lipinski definition) is 1. The van der Waals surface area contributed by atoms with Crippen molar-refractivity contribution in [3.63, 3.8) is 0 Å². The van der Waals surface area contributed by atoms with E-state index in [0.717, 1.165) is 0 Å². The summed E-state index contributed by atoms with van der Waals surface area (Å²) in [6, 6.07) is 6.19. The molecule has 0 amide bonds. The van der Waals surface area contributed by atoms with Crippen LogP contribution in [0.1, 0.15) is 11.3 Å². The molecule has 19 heavy (non-hydrogen) atoms. The van der Waals surface area contributed by atoms with Crippen LogP contribution in [0.4, 0.5) is 13.2 Å². The van der Waals surface area contributed by atoms with Crippen molar-refractivity contribution in [3.8, 4) is 11.8 Å². The molecule has 0 saturated carbocycles. The number of nitrogens with two attached hydrogens (primary N) is 1. The molecule has 2 rings (SSSR count). The number of ether oxygens (including phenoxy) is 1. The average molecular weight is 269 g/mol. The second kappa shape index (κ2) is 4.48. The summed E-state index contributed by atoms with van der Waals surface area (Å²) < 4.78 is 42.6. The van der Waals surface area contributed by atoms with Crippen molar-refractivity contribution in [2.24, 2.45) is 12.8 Å². The fourth-order valence-corrected chi connectivity index (χ4v) is 2.09. The number of benzene rings is 1. The van der Waals surface area contributed by atoms with Crippen molar-refractivity contribution in [3.05, 3.63) is 29.5 Å². The molecular weight excluding hydrogens is 259 g/mol. The Bertz CT molecular complexity index is 667. The summed E-state index contributed by atoms with van der Waals surface area (Å²) in [6.45, 7) is -0.0432. The van der Waals surface area contributed by atoms with Gasteiger partial charge in [-0.25, -0.2) is 0 Å². The van der Waals surface area contributed by atoms with Gasteiger partial charge in [0.25, 0.3) is 0 Å². The van der Waals surface area contributed by atoms with E-state index in [-0.39, 0.29) is 23.4 Å². The third kappa shape index (κ3) is 2.22. The quantitative estimate of drug-likeness (QED) is 0.910. The number of alkyl halides is 3. The van der Waals surface area contributed by atoms with Gasteiger partial charge in [0.15, 0.2) is 0 Å². The molecule has 0 unspecified atom stereocenters. The highest BCUT2D eigenvalue weighted by atomic mass is 19.4. The molecule has 0 fully saturated rings. The number of aromatic nitrogens is 1. The molecule has 0 atom stereocenters. The topological polar surface area (TPSA) is 64.0 Å². The average Bonchev–Trinajstić information content (AvgIpc) is 2.61. The van der Waals surface area contributed by atoms with Gasteiger partial charge in [0, 0.05) is 24.5 Å². The van der Waals surface area contributed by atoms with Crippen molar-refractivity contribution in [1.29, 1.82) is 5.26 Å². The molecule has 0 aliphatic rings. The molecule has 1 aromatic heterocycles. The molecule has 1 heterocycles. The van der Waals surface area contributed by atoms with Gasteiger partial charge >= 0.3 is 6.36 Å². The first-order valence-electron chi connectivity index (χ1n) is 5.35. The number of halogens is 3. The molecule has 0 aliphatic carbocycles. The Balaban J connectivity index is 2.78. The van der Waals surface area contributed by atoms with Crippen molar-refractivity contribution in [2.75, 3.05) is 0 Å². The molecule has 1 aromatic carbocycles. The van der Waals surface area contributed by atoms with Gasteiger partial charge in [0.1, 0.15) is 17.5 Å².